The standard InChI is InChI=1S/C16H15NO4/c1-3-12-5-7-13(8-6-12)16(18)21-15-10-11(2)4-9-14(15)17(19)20/h4-10H,3H2,1-2H3. The third kappa shape index (κ3) is 3.45. The maximum absolute atomic E-state index is 12.1. The average Bonchev–Trinajstić information content (AvgIpc) is 2.47. The van der Waals surface area contributed by atoms with E-state index in [4.69, 9.17) is 4.74 Å². The van der Waals surface area contributed by atoms with Gasteiger partial charge in [-0.2, -0.15) is 0 Å². The Balaban J connectivity index is 2.26. The maximum Gasteiger partial charge on any atom is 0.343 e. The van der Waals surface area contributed by atoms with Crippen LogP contribution < -0.4 is 4.74 Å². The van der Waals surface area contributed by atoms with Crippen molar-refractivity contribution in [2.24, 2.45) is 0 Å². The molecule has 0 aliphatic carbocycles. The Morgan fingerprint density at radius 2 is 1.86 bits per heavy atom. The predicted molar refractivity (Wildman–Crippen MR) is 78.6 cm³/mol. The van der Waals surface area contributed by atoms with Crippen molar-refractivity contribution in [1.82, 2.24) is 0 Å². The van der Waals surface area contributed by atoms with Gasteiger partial charge < -0.3 is 4.74 Å². The number of nitro groups is 1. The van der Waals surface area contributed by atoms with Gasteiger partial charge in [-0.25, -0.2) is 4.79 Å². The van der Waals surface area contributed by atoms with Gasteiger partial charge in [0.05, 0.1) is 10.5 Å². The van der Waals surface area contributed by atoms with Gasteiger partial charge in [-0.1, -0.05) is 25.1 Å². The molecular weight excluding hydrogens is 270 g/mol. The average molecular weight is 285 g/mol. The van der Waals surface area contributed by atoms with Crippen molar-refractivity contribution < 1.29 is 14.5 Å². The van der Waals surface area contributed by atoms with Crippen LogP contribution in [0.25, 0.3) is 0 Å². The van der Waals surface area contributed by atoms with Crippen molar-refractivity contribution in [3.63, 3.8) is 0 Å². The van der Waals surface area contributed by atoms with E-state index in [1.54, 1.807) is 25.1 Å². The molecule has 0 fully saturated rings. The van der Waals surface area contributed by atoms with Crippen molar-refractivity contribution in [2.75, 3.05) is 0 Å². The third-order valence-electron chi connectivity index (χ3n) is 3.11. The van der Waals surface area contributed by atoms with Gasteiger partial charge in [0.1, 0.15) is 0 Å². The monoisotopic (exact) mass is 285 g/mol. The van der Waals surface area contributed by atoms with Crippen molar-refractivity contribution in [1.29, 1.82) is 0 Å². The molecular formula is C16H15NO4. The van der Waals surface area contributed by atoms with Crippen LogP contribution in [0.2, 0.25) is 0 Å². The number of carbonyl (C=O) groups excluding carboxylic acids is 1. The smallest absolute Gasteiger partial charge is 0.343 e. The molecule has 0 atom stereocenters. The van der Waals surface area contributed by atoms with E-state index in [1.165, 1.54) is 12.1 Å². The summed E-state index contributed by atoms with van der Waals surface area (Å²) in [5.41, 5.74) is 2.03. The number of hydrogen-bond donors (Lipinski definition) is 0. The highest BCUT2D eigenvalue weighted by atomic mass is 16.6. The number of esters is 1. The molecule has 0 unspecified atom stereocenters. The number of hydrogen-bond acceptors (Lipinski definition) is 4. The van der Waals surface area contributed by atoms with Crippen LogP contribution in [0.1, 0.15) is 28.4 Å². The molecule has 2 aromatic carbocycles. The minimum absolute atomic E-state index is 0.0374. The molecule has 0 aliphatic heterocycles. The molecule has 0 radical (unpaired) electrons. The Labute approximate surface area is 122 Å². The zero-order chi connectivity index (χ0) is 15.4. The summed E-state index contributed by atoms with van der Waals surface area (Å²) in [4.78, 5) is 22.4. The van der Waals surface area contributed by atoms with Crippen LogP contribution in [0.3, 0.4) is 0 Å². The van der Waals surface area contributed by atoms with E-state index in [1.807, 2.05) is 19.1 Å². The Bertz CT molecular complexity index is 677. The van der Waals surface area contributed by atoms with Crippen LogP contribution in [0, 0.1) is 17.0 Å². The van der Waals surface area contributed by atoms with E-state index in [-0.39, 0.29) is 11.4 Å². The van der Waals surface area contributed by atoms with Crippen LogP contribution in [-0.4, -0.2) is 10.9 Å². The van der Waals surface area contributed by atoms with Gasteiger partial charge in [-0.05, 0) is 42.7 Å². The van der Waals surface area contributed by atoms with Gasteiger partial charge in [0.25, 0.3) is 0 Å². The SMILES string of the molecule is CCc1ccc(C(=O)Oc2cc(C)ccc2[N+](=O)[O-])cc1. The summed E-state index contributed by atoms with van der Waals surface area (Å²) in [5, 5.41) is 10.9. The van der Waals surface area contributed by atoms with E-state index in [0.29, 0.717) is 5.56 Å². The zero-order valence-corrected chi connectivity index (χ0v) is 11.8. The van der Waals surface area contributed by atoms with Crippen molar-refractivity contribution >= 4 is 11.7 Å². The molecule has 2 aromatic rings. The normalized spacial score (nSPS) is 10.2. The molecule has 0 heterocycles. The van der Waals surface area contributed by atoms with Crippen LogP contribution in [0.15, 0.2) is 42.5 Å². The summed E-state index contributed by atoms with van der Waals surface area (Å²) < 4.78 is 5.17. The molecule has 0 aliphatic rings. The van der Waals surface area contributed by atoms with Gasteiger partial charge in [0, 0.05) is 6.07 Å². The zero-order valence-electron chi connectivity index (χ0n) is 11.8. The lowest BCUT2D eigenvalue weighted by molar-refractivity contribution is -0.385. The van der Waals surface area contributed by atoms with Crippen molar-refractivity contribution in [2.45, 2.75) is 20.3 Å². The molecule has 0 N–H and O–H groups in total. The second kappa shape index (κ2) is 6.17. The second-order valence-corrected chi connectivity index (χ2v) is 4.67. The van der Waals surface area contributed by atoms with Crippen molar-refractivity contribution in [3.05, 3.63) is 69.3 Å². The lowest BCUT2D eigenvalue weighted by atomic mass is 10.1. The molecule has 0 saturated carbocycles. The predicted octanol–water partition coefficient (Wildman–Crippen LogP) is 3.68. The number of aryl methyl sites for hydroxylation is 2. The topological polar surface area (TPSA) is 69.4 Å². The summed E-state index contributed by atoms with van der Waals surface area (Å²) in [6, 6.07) is 11.4. The van der Waals surface area contributed by atoms with Gasteiger partial charge in [0.15, 0.2) is 0 Å². The Morgan fingerprint density at radius 1 is 1.19 bits per heavy atom. The van der Waals surface area contributed by atoms with E-state index in [0.717, 1.165) is 17.5 Å². The van der Waals surface area contributed by atoms with Crippen LogP contribution >= 0.6 is 0 Å². The number of ether oxygens (including phenoxy) is 1. The minimum Gasteiger partial charge on any atom is -0.416 e. The highest BCUT2D eigenvalue weighted by Gasteiger charge is 2.18. The molecule has 0 bridgehead atoms. The number of benzene rings is 2. The number of carbonyl (C=O) groups is 1. The van der Waals surface area contributed by atoms with Crippen LogP contribution in [-0.2, 0) is 6.42 Å². The largest absolute Gasteiger partial charge is 0.416 e. The summed E-state index contributed by atoms with van der Waals surface area (Å²) in [5.74, 6) is -0.643. The van der Waals surface area contributed by atoms with Crippen LogP contribution in [0.4, 0.5) is 5.69 Å². The van der Waals surface area contributed by atoms with Gasteiger partial charge >= 0.3 is 11.7 Å². The van der Waals surface area contributed by atoms with Gasteiger partial charge in [0.2, 0.25) is 5.75 Å². The van der Waals surface area contributed by atoms with Crippen LogP contribution in [0.5, 0.6) is 5.75 Å². The quantitative estimate of drug-likeness (QED) is 0.372. The number of nitro benzene ring substituents is 1. The maximum atomic E-state index is 12.1. The molecule has 108 valence electrons. The summed E-state index contributed by atoms with van der Waals surface area (Å²) >= 11 is 0. The first kappa shape index (κ1) is 14.7. The Hall–Kier alpha value is -2.69. The fourth-order valence-electron chi connectivity index (χ4n) is 1.89. The molecule has 0 saturated heterocycles. The van der Waals surface area contributed by atoms with E-state index in [9.17, 15) is 14.9 Å². The molecule has 2 rings (SSSR count). The first-order chi connectivity index (χ1) is 10.0. The molecule has 0 amide bonds. The lowest BCUT2D eigenvalue weighted by Gasteiger charge is -2.06. The highest BCUT2D eigenvalue weighted by Crippen LogP contribution is 2.28. The van der Waals surface area contributed by atoms with E-state index >= 15 is 0 Å². The summed E-state index contributed by atoms with van der Waals surface area (Å²) in [7, 11) is 0. The first-order valence-corrected chi connectivity index (χ1v) is 6.57. The lowest BCUT2D eigenvalue weighted by Crippen LogP contribution is -2.10. The van der Waals surface area contributed by atoms with Gasteiger partial charge in [-0.3, -0.25) is 10.1 Å². The molecule has 0 aromatic heterocycles. The summed E-state index contributed by atoms with van der Waals surface area (Å²) in [6.07, 6.45) is 0.874. The van der Waals surface area contributed by atoms with Gasteiger partial charge in [-0.15, -0.1) is 0 Å². The molecule has 5 heteroatoms. The van der Waals surface area contributed by atoms with Crippen molar-refractivity contribution in [3.8, 4) is 5.75 Å². The summed E-state index contributed by atoms with van der Waals surface area (Å²) in [6.45, 7) is 3.79. The minimum atomic E-state index is -0.605. The fraction of sp³-hybridized carbons (Fsp3) is 0.188. The highest BCUT2D eigenvalue weighted by molar-refractivity contribution is 5.91. The van der Waals surface area contributed by atoms with E-state index in [2.05, 4.69) is 0 Å². The third-order valence-corrected chi connectivity index (χ3v) is 3.11. The second-order valence-electron chi connectivity index (χ2n) is 4.67. The number of rotatable bonds is 4. The number of nitrogens with zero attached hydrogens (tertiary/aromatic N) is 1. The first-order valence-electron chi connectivity index (χ1n) is 6.57. The Kier molecular flexibility index (Phi) is 4.33. The van der Waals surface area contributed by atoms with E-state index < -0.39 is 10.9 Å². The molecule has 5 nitrogen and oxygen atoms in total. The Morgan fingerprint density at radius 3 is 2.43 bits per heavy atom. The molecule has 0 spiro atoms. The molecule has 21 heavy (non-hydrogen) atoms. The fourth-order valence-corrected chi connectivity index (χ4v) is 1.89.